The number of rotatable bonds is 11. The van der Waals surface area contributed by atoms with E-state index in [1.165, 1.54) is 40.6 Å². The molecule has 2 aliphatic rings. The molecule has 40 heavy (non-hydrogen) atoms. The zero-order valence-corrected chi connectivity index (χ0v) is 23.9. The van der Waals surface area contributed by atoms with Crippen LogP contribution in [0.2, 0.25) is 0 Å². The number of ether oxygens (including phenoxy) is 3. The Balaban J connectivity index is 1.76. The number of aliphatic hydroxyl groups is 1. The van der Waals surface area contributed by atoms with Gasteiger partial charge in [-0.1, -0.05) is 12.5 Å². The Labute approximate surface area is 235 Å². The molecule has 4 rings (SSSR count). The number of amides is 1. The molecular weight excluding hydrogens is 536 g/mol. The van der Waals surface area contributed by atoms with Crippen LogP contribution in [0, 0.1) is 0 Å². The number of Topliss-reactive ketones (excluding diaryl/α,β-unsaturated/α-hetero) is 1. The number of hydrogen-bond donors (Lipinski definition) is 1. The molecule has 2 aliphatic heterocycles. The molecule has 0 saturated carbocycles. The first-order chi connectivity index (χ1) is 19.2. The molecule has 0 unspecified atom stereocenters. The highest BCUT2D eigenvalue weighted by molar-refractivity contribution is 7.89. The summed E-state index contributed by atoms with van der Waals surface area (Å²) in [6, 6.07) is 9.98. The minimum atomic E-state index is -3.67. The third-order valence-electron chi connectivity index (χ3n) is 7.17. The number of hydrogen-bond acceptors (Lipinski definition) is 8. The minimum absolute atomic E-state index is 0.0831. The van der Waals surface area contributed by atoms with E-state index < -0.39 is 27.8 Å². The number of nitrogens with zero attached hydrogens (tertiary/aromatic N) is 2. The highest BCUT2D eigenvalue weighted by Crippen LogP contribution is 2.42. The molecule has 2 aromatic carbocycles. The van der Waals surface area contributed by atoms with Gasteiger partial charge in [0.1, 0.15) is 5.76 Å². The van der Waals surface area contributed by atoms with Crippen LogP contribution in [0.1, 0.15) is 49.8 Å². The quantitative estimate of drug-likeness (QED) is 0.187. The van der Waals surface area contributed by atoms with Crippen molar-refractivity contribution in [2.24, 2.45) is 0 Å². The van der Waals surface area contributed by atoms with Crippen molar-refractivity contribution in [2.45, 2.75) is 43.5 Å². The van der Waals surface area contributed by atoms with Gasteiger partial charge in [-0.15, -0.1) is 0 Å². The maximum atomic E-state index is 13.3. The van der Waals surface area contributed by atoms with Crippen LogP contribution < -0.4 is 9.47 Å². The van der Waals surface area contributed by atoms with Crippen molar-refractivity contribution in [2.75, 3.05) is 47.1 Å². The molecule has 2 saturated heterocycles. The number of carbonyl (C=O) groups is 2. The highest BCUT2D eigenvalue weighted by Gasteiger charge is 2.46. The largest absolute Gasteiger partial charge is 0.507 e. The third kappa shape index (κ3) is 5.86. The predicted molar refractivity (Wildman–Crippen MR) is 149 cm³/mol. The van der Waals surface area contributed by atoms with E-state index in [0.29, 0.717) is 49.8 Å². The summed E-state index contributed by atoms with van der Waals surface area (Å²) < 4.78 is 43.9. The first-order valence-electron chi connectivity index (χ1n) is 13.4. The second-order valence-corrected chi connectivity index (χ2v) is 11.6. The van der Waals surface area contributed by atoms with Crippen LogP contribution >= 0.6 is 0 Å². The summed E-state index contributed by atoms with van der Waals surface area (Å²) in [5.74, 6) is -1.00. The summed E-state index contributed by atoms with van der Waals surface area (Å²) >= 11 is 0. The van der Waals surface area contributed by atoms with Crippen LogP contribution in [0.25, 0.3) is 5.76 Å². The van der Waals surface area contributed by atoms with Gasteiger partial charge < -0.3 is 24.2 Å². The average molecular weight is 573 g/mol. The summed E-state index contributed by atoms with van der Waals surface area (Å²) in [6.45, 7) is 3.83. The molecule has 10 nitrogen and oxygen atoms in total. The van der Waals surface area contributed by atoms with E-state index in [2.05, 4.69) is 0 Å². The van der Waals surface area contributed by atoms with Gasteiger partial charge in [0, 0.05) is 38.9 Å². The zero-order valence-electron chi connectivity index (χ0n) is 23.1. The van der Waals surface area contributed by atoms with Crippen LogP contribution in [0.5, 0.6) is 11.5 Å². The molecular formula is C29H36N2O8S. The number of aliphatic hydroxyl groups excluding tert-OH is 1. The van der Waals surface area contributed by atoms with Gasteiger partial charge in [0.15, 0.2) is 11.5 Å². The van der Waals surface area contributed by atoms with E-state index >= 15 is 0 Å². The van der Waals surface area contributed by atoms with Crippen molar-refractivity contribution >= 4 is 27.5 Å². The van der Waals surface area contributed by atoms with Gasteiger partial charge >= 0.3 is 0 Å². The van der Waals surface area contributed by atoms with Crippen LogP contribution in [0.4, 0.5) is 0 Å². The summed E-state index contributed by atoms with van der Waals surface area (Å²) in [6.07, 6.45) is 3.12. The van der Waals surface area contributed by atoms with Gasteiger partial charge in [-0.3, -0.25) is 9.59 Å². The smallest absolute Gasteiger partial charge is 0.295 e. The normalized spacial score (nSPS) is 19.7. The molecule has 216 valence electrons. The molecule has 0 radical (unpaired) electrons. The molecule has 0 spiro atoms. The van der Waals surface area contributed by atoms with Gasteiger partial charge in [0.2, 0.25) is 10.0 Å². The molecule has 0 aliphatic carbocycles. The van der Waals surface area contributed by atoms with E-state index in [1.54, 1.807) is 25.3 Å². The van der Waals surface area contributed by atoms with Gasteiger partial charge in [0.25, 0.3) is 11.7 Å². The fraction of sp³-hybridized carbons (Fsp3) is 0.448. The molecule has 2 fully saturated rings. The number of methoxy groups -OCH3 is 2. The number of sulfonamides is 1. The molecule has 1 amide bonds. The topological polar surface area (TPSA) is 123 Å². The fourth-order valence-corrected chi connectivity index (χ4v) is 6.68. The van der Waals surface area contributed by atoms with Gasteiger partial charge in [-0.05, 0) is 68.1 Å². The average Bonchev–Trinajstić information content (AvgIpc) is 3.23. The maximum Gasteiger partial charge on any atom is 0.295 e. The Bertz CT molecular complexity index is 1360. The Hall–Kier alpha value is -3.41. The van der Waals surface area contributed by atoms with Crippen LogP contribution in [-0.4, -0.2) is 81.5 Å². The molecule has 0 aromatic heterocycles. The Morgan fingerprint density at radius 2 is 1.70 bits per heavy atom. The number of benzene rings is 2. The van der Waals surface area contributed by atoms with Crippen molar-refractivity contribution in [3.05, 3.63) is 59.2 Å². The summed E-state index contributed by atoms with van der Waals surface area (Å²) in [5, 5.41) is 11.4. The van der Waals surface area contributed by atoms with E-state index in [-0.39, 0.29) is 28.3 Å². The minimum Gasteiger partial charge on any atom is -0.507 e. The van der Waals surface area contributed by atoms with Crippen molar-refractivity contribution in [3.8, 4) is 11.5 Å². The second kappa shape index (κ2) is 12.8. The van der Waals surface area contributed by atoms with Crippen LogP contribution in [-0.2, 0) is 24.3 Å². The number of piperidine rings is 1. The Morgan fingerprint density at radius 1 is 1.00 bits per heavy atom. The lowest BCUT2D eigenvalue weighted by molar-refractivity contribution is -0.140. The monoisotopic (exact) mass is 572 g/mol. The summed E-state index contributed by atoms with van der Waals surface area (Å²) in [7, 11) is -0.616. The van der Waals surface area contributed by atoms with E-state index in [9.17, 15) is 23.1 Å². The number of likely N-dealkylation sites (tertiary alicyclic amines) is 1. The highest BCUT2D eigenvalue weighted by atomic mass is 32.2. The first-order valence-corrected chi connectivity index (χ1v) is 14.9. The van der Waals surface area contributed by atoms with Crippen molar-refractivity contribution < 1.29 is 37.3 Å². The fourth-order valence-electron chi connectivity index (χ4n) is 5.16. The molecule has 2 heterocycles. The Kier molecular flexibility index (Phi) is 9.49. The number of ketones is 1. The van der Waals surface area contributed by atoms with E-state index in [4.69, 9.17) is 14.2 Å². The van der Waals surface area contributed by atoms with Gasteiger partial charge in [-0.25, -0.2) is 8.42 Å². The summed E-state index contributed by atoms with van der Waals surface area (Å²) in [4.78, 5) is 28.0. The van der Waals surface area contributed by atoms with E-state index in [1.807, 2.05) is 6.92 Å². The SMILES string of the molecule is CCOc1ccc([C@H]2C(=C(O)c3ccc(S(=O)(=O)N4CCCCC4)cc3)C(=O)C(=O)N2CCCOC)cc1OC. The number of carbonyl (C=O) groups excluding carboxylic acids is 2. The molecule has 1 atom stereocenters. The molecule has 1 N–H and O–H groups in total. The molecule has 0 bridgehead atoms. The van der Waals surface area contributed by atoms with E-state index in [0.717, 1.165) is 19.3 Å². The summed E-state index contributed by atoms with van der Waals surface area (Å²) in [5.41, 5.74) is 0.707. The lowest BCUT2D eigenvalue weighted by Crippen LogP contribution is -2.35. The molecule has 11 heteroatoms. The lowest BCUT2D eigenvalue weighted by atomic mass is 9.95. The van der Waals surface area contributed by atoms with Crippen molar-refractivity contribution in [1.82, 2.24) is 9.21 Å². The molecule has 2 aromatic rings. The Morgan fingerprint density at radius 3 is 2.33 bits per heavy atom. The van der Waals surface area contributed by atoms with Crippen molar-refractivity contribution in [3.63, 3.8) is 0 Å². The second-order valence-electron chi connectivity index (χ2n) is 9.67. The standard InChI is InChI=1S/C29H36N2O8S/c1-4-39-23-14-11-21(19-24(23)38-3)26-25(28(33)29(34)31(26)17-8-18-37-2)27(32)20-9-12-22(13-10-20)40(35,36)30-15-6-5-7-16-30/h9-14,19,26,32H,4-8,15-18H2,1-3H3/t26-/m0/s1. The van der Waals surface area contributed by atoms with Crippen LogP contribution in [0.15, 0.2) is 52.9 Å². The van der Waals surface area contributed by atoms with Gasteiger partial charge in [0.05, 0.1) is 30.2 Å². The van der Waals surface area contributed by atoms with Crippen LogP contribution in [0.3, 0.4) is 0 Å². The predicted octanol–water partition coefficient (Wildman–Crippen LogP) is 3.73. The maximum absolute atomic E-state index is 13.3. The lowest BCUT2D eigenvalue weighted by Gasteiger charge is -2.26. The van der Waals surface area contributed by atoms with Gasteiger partial charge in [-0.2, -0.15) is 4.31 Å². The van der Waals surface area contributed by atoms with Crippen molar-refractivity contribution in [1.29, 1.82) is 0 Å². The third-order valence-corrected chi connectivity index (χ3v) is 9.08. The zero-order chi connectivity index (χ0) is 28.9. The first kappa shape index (κ1) is 29.6.